The van der Waals surface area contributed by atoms with Crippen LogP contribution in [-0.4, -0.2) is 30.9 Å². The van der Waals surface area contributed by atoms with Crippen molar-refractivity contribution < 1.29 is 19.4 Å². The van der Waals surface area contributed by atoms with Gasteiger partial charge in [0.15, 0.2) is 6.10 Å². The molecule has 104 valence electrons. The van der Waals surface area contributed by atoms with E-state index in [1.165, 1.54) is 0 Å². The summed E-state index contributed by atoms with van der Waals surface area (Å²) in [5, 5.41) is 9.88. The standard InChI is InChI=1S/C14H17BrO4/c1-2-19-14(17)13(16)9-3-4-11(12(15)7-9)10-5-6-18-8-10/h3-4,7,10,13,16H,2,5-6,8H2,1H3. The van der Waals surface area contributed by atoms with Gasteiger partial charge >= 0.3 is 5.97 Å². The highest BCUT2D eigenvalue weighted by molar-refractivity contribution is 9.10. The minimum absolute atomic E-state index is 0.258. The van der Waals surface area contributed by atoms with E-state index in [2.05, 4.69) is 15.9 Å². The fourth-order valence-corrected chi connectivity index (χ4v) is 2.90. The molecule has 19 heavy (non-hydrogen) atoms. The topological polar surface area (TPSA) is 55.8 Å². The van der Waals surface area contributed by atoms with Crippen LogP contribution in [0.3, 0.4) is 0 Å². The van der Waals surface area contributed by atoms with Gasteiger partial charge in [-0.15, -0.1) is 0 Å². The van der Waals surface area contributed by atoms with Crippen molar-refractivity contribution in [3.8, 4) is 0 Å². The van der Waals surface area contributed by atoms with Crippen molar-refractivity contribution in [1.29, 1.82) is 0 Å². The summed E-state index contributed by atoms with van der Waals surface area (Å²) in [5.41, 5.74) is 1.69. The van der Waals surface area contributed by atoms with Crippen molar-refractivity contribution in [2.75, 3.05) is 19.8 Å². The van der Waals surface area contributed by atoms with Gasteiger partial charge in [0.2, 0.25) is 0 Å². The van der Waals surface area contributed by atoms with Gasteiger partial charge in [-0.25, -0.2) is 4.79 Å². The number of aliphatic hydroxyl groups is 1. The number of esters is 1. The first-order chi connectivity index (χ1) is 9.13. The Morgan fingerprint density at radius 3 is 3.00 bits per heavy atom. The third-order valence-corrected chi connectivity index (χ3v) is 3.91. The van der Waals surface area contributed by atoms with Crippen molar-refractivity contribution in [1.82, 2.24) is 0 Å². The fourth-order valence-electron chi connectivity index (χ4n) is 2.18. The molecule has 0 amide bonds. The highest BCUT2D eigenvalue weighted by Crippen LogP contribution is 2.33. The number of hydrogen-bond donors (Lipinski definition) is 1. The molecule has 1 aromatic carbocycles. The van der Waals surface area contributed by atoms with Crippen molar-refractivity contribution >= 4 is 21.9 Å². The zero-order chi connectivity index (χ0) is 13.8. The van der Waals surface area contributed by atoms with Crippen LogP contribution in [0.15, 0.2) is 22.7 Å². The van der Waals surface area contributed by atoms with E-state index >= 15 is 0 Å². The lowest BCUT2D eigenvalue weighted by Gasteiger charge is -2.14. The van der Waals surface area contributed by atoms with Crippen molar-refractivity contribution in [3.05, 3.63) is 33.8 Å². The van der Waals surface area contributed by atoms with E-state index in [1.807, 2.05) is 6.07 Å². The van der Waals surface area contributed by atoms with E-state index < -0.39 is 12.1 Å². The molecule has 4 nitrogen and oxygen atoms in total. The Morgan fingerprint density at radius 1 is 1.63 bits per heavy atom. The first-order valence-electron chi connectivity index (χ1n) is 6.35. The molecule has 0 bridgehead atoms. The zero-order valence-corrected chi connectivity index (χ0v) is 12.4. The van der Waals surface area contributed by atoms with Gasteiger partial charge in [-0.05, 0) is 30.5 Å². The Balaban J connectivity index is 2.16. The van der Waals surface area contributed by atoms with E-state index in [0.29, 0.717) is 11.5 Å². The second-order valence-electron chi connectivity index (χ2n) is 4.50. The molecule has 0 aromatic heterocycles. The number of carbonyl (C=O) groups is 1. The van der Waals surface area contributed by atoms with Crippen LogP contribution >= 0.6 is 15.9 Å². The molecule has 1 aromatic rings. The van der Waals surface area contributed by atoms with Crippen LogP contribution in [0.4, 0.5) is 0 Å². The largest absolute Gasteiger partial charge is 0.464 e. The molecule has 1 N–H and O–H groups in total. The molecule has 5 heteroatoms. The Morgan fingerprint density at radius 2 is 2.42 bits per heavy atom. The number of benzene rings is 1. The maximum Gasteiger partial charge on any atom is 0.339 e. The summed E-state index contributed by atoms with van der Waals surface area (Å²) in [4.78, 5) is 11.5. The molecule has 2 unspecified atom stereocenters. The van der Waals surface area contributed by atoms with Gasteiger partial charge in [0.05, 0.1) is 13.2 Å². The van der Waals surface area contributed by atoms with E-state index in [0.717, 1.165) is 29.7 Å². The van der Waals surface area contributed by atoms with Crippen LogP contribution < -0.4 is 0 Å². The summed E-state index contributed by atoms with van der Waals surface area (Å²) < 4.78 is 11.1. The van der Waals surface area contributed by atoms with E-state index in [9.17, 15) is 9.90 Å². The lowest BCUT2D eigenvalue weighted by atomic mass is 9.96. The molecule has 2 rings (SSSR count). The highest BCUT2D eigenvalue weighted by Gasteiger charge is 2.23. The third kappa shape index (κ3) is 3.35. The number of carbonyl (C=O) groups excluding carboxylic acids is 1. The normalized spacial score (nSPS) is 20.3. The molecular formula is C14H17BrO4. The molecule has 0 radical (unpaired) electrons. The highest BCUT2D eigenvalue weighted by atomic mass is 79.9. The predicted octanol–water partition coefficient (Wildman–Crippen LogP) is 2.55. The van der Waals surface area contributed by atoms with Gasteiger partial charge < -0.3 is 14.6 Å². The number of ether oxygens (including phenoxy) is 2. The summed E-state index contributed by atoms with van der Waals surface area (Å²) >= 11 is 3.49. The van der Waals surface area contributed by atoms with Crippen molar-refractivity contribution in [3.63, 3.8) is 0 Å². The van der Waals surface area contributed by atoms with Gasteiger partial charge in [0.25, 0.3) is 0 Å². The molecule has 0 spiro atoms. The lowest BCUT2D eigenvalue weighted by Crippen LogP contribution is -2.15. The van der Waals surface area contributed by atoms with Gasteiger partial charge in [0, 0.05) is 17.0 Å². The van der Waals surface area contributed by atoms with Crippen LogP contribution in [0.25, 0.3) is 0 Å². The number of aliphatic hydroxyl groups excluding tert-OH is 1. The summed E-state index contributed by atoms with van der Waals surface area (Å²) in [7, 11) is 0. The Hall–Kier alpha value is -0.910. The van der Waals surface area contributed by atoms with E-state index in [-0.39, 0.29) is 6.61 Å². The van der Waals surface area contributed by atoms with Crippen LogP contribution in [0.2, 0.25) is 0 Å². The Kier molecular flexibility index (Phi) is 4.96. The SMILES string of the molecule is CCOC(=O)C(O)c1ccc(C2CCOC2)c(Br)c1. The van der Waals surface area contributed by atoms with Crippen LogP contribution in [0.1, 0.15) is 36.5 Å². The van der Waals surface area contributed by atoms with Gasteiger partial charge in [-0.3, -0.25) is 0 Å². The fraction of sp³-hybridized carbons (Fsp3) is 0.500. The lowest BCUT2D eigenvalue weighted by molar-refractivity contribution is -0.153. The molecule has 0 aliphatic carbocycles. The predicted molar refractivity (Wildman–Crippen MR) is 73.9 cm³/mol. The average Bonchev–Trinajstić information content (AvgIpc) is 2.91. The number of hydrogen-bond acceptors (Lipinski definition) is 4. The number of rotatable bonds is 4. The summed E-state index contributed by atoms with van der Waals surface area (Å²) in [6.45, 7) is 3.47. The number of halogens is 1. The van der Waals surface area contributed by atoms with Crippen LogP contribution in [-0.2, 0) is 14.3 Å². The van der Waals surface area contributed by atoms with Gasteiger partial charge in [0.1, 0.15) is 0 Å². The van der Waals surface area contributed by atoms with Crippen molar-refractivity contribution in [2.45, 2.75) is 25.4 Å². The molecule has 1 aliphatic rings. The van der Waals surface area contributed by atoms with Crippen molar-refractivity contribution in [2.24, 2.45) is 0 Å². The Labute approximate surface area is 120 Å². The van der Waals surface area contributed by atoms with Gasteiger partial charge in [-0.1, -0.05) is 28.1 Å². The average molecular weight is 329 g/mol. The molecule has 1 saturated heterocycles. The summed E-state index contributed by atoms with van der Waals surface area (Å²) in [6, 6.07) is 5.47. The molecule has 0 saturated carbocycles. The quantitative estimate of drug-likeness (QED) is 0.863. The minimum atomic E-state index is -1.23. The minimum Gasteiger partial charge on any atom is -0.464 e. The van der Waals surface area contributed by atoms with E-state index in [4.69, 9.17) is 9.47 Å². The first-order valence-corrected chi connectivity index (χ1v) is 7.14. The van der Waals surface area contributed by atoms with E-state index in [1.54, 1.807) is 19.1 Å². The van der Waals surface area contributed by atoms with Crippen LogP contribution in [0, 0.1) is 0 Å². The second kappa shape index (κ2) is 6.50. The monoisotopic (exact) mass is 328 g/mol. The maximum absolute atomic E-state index is 11.5. The molecular weight excluding hydrogens is 312 g/mol. The molecule has 1 fully saturated rings. The van der Waals surface area contributed by atoms with Gasteiger partial charge in [-0.2, -0.15) is 0 Å². The molecule has 1 heterocycles. The molecule has 2 atom stereocenters. The summed E-state index contributed by atoms with van der Waals surface area (Å²) in [5.74, 6) is -0.241. The van der Waals surface area contributed by atoms with Crippen LogP contribution in [0.5, 0.6) is 0 Å². The third-order valence-electron chi connectivity index (χ3n) is 3.22. The smallest absolute Gasteiger partial charge is 0.339 e. The second-order valence-corrected chi connectivity index (χ2v) is 5.35. The Bertz CT molecular complexity index is 455. The maximum atomic E-state index is 11.5. The summed E-state index contributed by atoms with van der Waals surface area (Å²) in [6.07, 6.45) is -0.233. The molecule has 1 aliphatic heterocycles. The zero-order valence-electron chi connectivity index (χ0n) is 10.8. The first kappa shape index (κ1) is 14.5.